The van der Waals surface area contributed by atoms with Gasteiger partial charge in [0.05, 0.1) is 16.8 Å². The quantitative estimate of drug-likeness (QED) is 0.425. The molecule has 1 aliphatic carbocycles. The molecule has 4 heterocycles. The third kappa shape index (κ3) is 4.27. The van der Waals surface area contributed by atoms with Crippen molar-refractivity contribution in [2.45, 2.75) is 50.1 Å². The van der Waals surface area contributed by atoms with Crippen molar-refractivity contribution >= 4 is 5.52 Å². The lowest BCUT2D eigenvalue weighted by molar-refractivity contribution is -0.136. The van der Waals surface area contributed by atoms with E-state index < -0.39 is 17.4 Å². The van der Waals surface area contributed by atoms with Gasteiger partial charge < -0.3 is 9.88 Å². The smallest absolute Gasteiger partial charge is 0.320 e. The Hall–Kier alpha value is -3.40. The van der Waals surface area contributed by atoms with Crippen LogP contribution in [0.2, 0.25) is 0 Å². The highest BCUT2D eigenvalue weighted by atomic mass is 19.4. The number of fused-ring (bicyclic) bond motifs is 1. The van der Waals surface area contributed by atoms with Gasteiger partial charge >= 0.3 is 11.9 Å². The number of pyridine rings is 1. The van der Waals surface area contributed by atoms with E-state index in [-0.39, 0.29) is 17.4 Å². The molecule has 3 aromatic heterocycles. The van der Waals surface area contributed by atoms with Crippen molar-refractivity contribution in [3.8, 4) is 5.69 Å². The van der Waals surface area contributed by atoms with E-state index >= 15 is 0 Å². The Morgan fingerprint density at radius 1 is 1.11 bits per heavy atom. The van der Waals surface area contributed by atoms with E-state index in [0.717, 1.165) is 54.4 Å². The third-order valence-corrected chi connectivity index (χ3v) is 8.02. The Morgan fingerprint density at radius 3 is 2.59 bits per heavy atom. The summed E-state index contributed by atoms with van der Waals surface area (Å²) >= 11 is 0. The number of nitrogens with zero attached hydrogens (tertiary/aromatic N) is 5. The van der Waals surface area contributed by atoms with Crippen LogP contribution in [-0.4, -0.2) is 36.8 Å². The zero-order chi connectivity index (χ0) is 25.7. The maximum Gasteiger partial charge on any atom is 0.418 e. The molecule has 37 heavy (non-hydrogen) atoms. The summed E-state index contributed by atoms with van der Waals surface area (Å²) in [5, 5.41) is 11.7. The van der Waals surface area contributed by atoms with Gasteiger partial charge in [0.15, 0.2) is 0 Å². The molecule has 0 amide bonds. The maximum atomic E-state index is 14.2. The first-order valence-corrected chi connectivity index (χ1v) is 12.8. The van der Waals surface area contributed by atoms with Crippen molar-refractivity contribution in [2.24, 2.45) is 13.0 Å². The minimum absolute atomic E-state index is 0.00470. The van der Waals surface area contributed by atoms with Crippen LogP contribution in [0.3, 0.4) is 0 Å². The standard InChI is InChI=1S/C27H29F3N6O/c1-34-16-32-33-25(34)24(17-5-2-6-17)18-7-3-9-21(11-18)35-15-23-22(27(28,29)30)12-20(14-36(23)26(35)37)19-8-4-10-31-13-19/h3,7,9,11-12,14-17,19,24,31H,2,4-6,8,10,13H2,1H3/t19?,24-/m1/s1. The summed E-state index contributed by atoms with van der Waals surface area (Å²) in [6, 6.07) is 8.73. The summed E-state index contributed by atoms with van der Waals surface area (Å²) in [5.74, 6) is 1.20. The van der Waals surface area contributed by atoms with Gasteiger partial charge in [0.25, 0.3) is 0 Å². The molecular weight excluding hydrogens is 481 g/mol. The summed E-state index contributed by atoms with van der Waals surface area (Å²) in [5.41, 5.74) is 0.612. The molecule has 10 heteroatoms. The van der Waals surface area contributed by atoms with E-state index in [1.165, 1.54) is 16.8 Å². The topological polar surface area (TPSA) is 69.2 Å². The predicted octanol–water partition coefficient (Wildman–Crippen LogP) is 4.64. The van der Waals surface area contributed by atoms with E-state index in [9.17, 15) is 18.0 Å². The average Bonchev–Trinajstić information content (AvgIpc) is 3.43. The molecule has 1 saturated carbocycles. The van der Waals surface area contributed by atoms with E-state index in [1.807, 2.05) is 29.8 Å². The number of nitrogens with one attached hydrogen (secondary N) is 1. The molecule has 1 unspecified atom stereocenters. The number of benzene rings is 1. The van der Waals surface area contributed by atoms with Crippen molar-refractivity contribution in [3.63, 3.8) is 0 Å². The van der Waals surface area contributed by atoms with Gasteiger partial charge in [0, 0.05) is 31.9 Å². The molecule has 194 valence electrons. The van der Waals surface area contributed by atoms with Crippen molar-refractivity contribution < 1.29 is 13.2 Å². The molecule has 2 aliphatic rings. The first-order chi connectivity index (χ1) is 17.8. The van der Waals surface area contributed by atoms with E-state index in [4.69, 9.17) is 0 Å². The lowest BCUT2D eigenvalue weighted by Gasteiger charge is -2.33. The molecule has 1 aromatic carbocycles. The van der Waals surface area contributed by atoms with Crippen LogP contribution in [0.15, 0.2) is 53.8 Å². The van der Waals surface area contributed by atoms with Gasteiger partial charge in [-0.25, -0.2) is 4.79 Å². The van der Waals surface area contributed by atoms with Gasteiger partial charge in [0.1, 0.15) is 12.2 Å². The number of hydrogen-bond donors (Lipinski definition) is 1. The van der Waals surface area contributed by atoms with Crippen molar-refractivity contribution in [1.82, 2.24) is 29.0 Å². The Bertz CT molecular complexity index is 1490. The summed E-state index contributed by atoms with van der Waals surface area (Å²) in [6.07, 6.45) is 4.98. The highest BCUT2D eigenvalue weighted by Gasteiger charge is 2.36. The molecule has 1 saturated heterocycles. The average molecular weight is 511 g/mol. The lowest BCUT2D eigenvalue weighted by Crippen LogP contribution is -2.29. The second-order valence-electron chi connectivity index (χ2n) is 10.3. The Morgan fingerprint density at radius 2 is 1.95 bits per heavy atom. The first-order valence-electron chi connectivity index (χ1n) is 12.8. The normalized spacial score (nSPS) is 19.7. The van der Waals surface area contributed by atoms with Crippen molar-refractivity contribution in [3.05, 3.63) is 82.1 Å². The molecule has 1 N–H and O–H groups in total. The highest BCUT2D eigenvalue weighted by molar-refractivity contribution is 5.58. The summed E-state index contributed by atoms with van der Waals surface area (Å²) in [6.45, 7) is 1.46. The van der Waals surface area contributed by atoms with Crippen LogP contribution in [0, 0.1) is 5.92 Å². The molecule has 2 fully saturated rings. The number of alkyl halides is 3. The molecule has 0 spiro atoms. The van der Waals surface area contributed by atoms with Gasteiger partial charge in [-0.2, -0.15) is 13.2 Å². The van der Waals surface area contributed by atoms with E-state index in [1.54, 1.807) is 18.6 Å². The van der Waals surface area contributed by atoms with Crippen LogP contribution in [-0.2, 0) is 13.2 Å². The molecule has 1 aliphatic heterocycles. The fourth-order valence-corrected chi connectivity index (χ4v) is 5.83. The van der Waals surface area contributed by atoms with Gasteiger partial charge in [-0.1, -0.05) is 18.6 Å². The number of aromatic nitrogens is 5. The summed E-state index contributed by atoms with van der Waals surface area (Å²) < 4.78 is 46.8. The SMILES string of the molecule is Cn1cnnc1[C@@H](c1cccc(-n2cc3c(C(F)(F)F)cc(C4CCCNC4)cn3c2=O)c1)C1CCC1. The van der Waals surface area contributed by atoms with Crippen molar-refractivity contribution in [1.29, 1.82) is 0 Å². The zero-order valence-corrected chi connectivity index (χ0v) is 20.6. The molecule has 0 radical (unpaired) electrons. The summed E-state index contributed by atoms with van der Waals surface area (Å²) in [7, 11) is 1.91. The summed E-state index contributed by atoms with van der Waals surface area (Å²) in [4.78, 5) is 13.5. The molecule has 7 nitrogen and oxygen atoms in total. The Kier molecular flexibility index (Phi) is 5.94. The van der Waals surface area contributed by atoms with Gasteiger partial charge in [-0.3, -0.25) is 8.97 Å². The highest BCUT2D eigenvalue weighted by Crippen LogP contribution is 2.43. The number of hydrogen-bond acceptors (Lipinski definition) is 4. The van der Waals surface area contributed by atoms with Crippen LogP contribution in [0.4, 0.5) is 13.2 Å². The monoisotopic (exact) mass is 510 g/mol. The number of aryl methyl sites for hydroxylation is 1. The second kappa shape index (κ2) is 9.16. The maximum absolute atomic E-state index is 14.2. The van der Waals surface area contributed by atoms with Crippen molar-refractivity contribution in [2.75, 3.05) is 13.1 Å². The molecule has 4 aromatic rings. The van der Waals surface area contributed by atoms with Gasteiger partial charge in [-0.15, -0.1) is 10.2 Å². The molecule has 0 bridgehead atoms. The molecular formula is C27H29F3N6O. The van der Waals surface area contributed by atoms with E-state index in [0.29, 0.717) is 23.7 Å². The second-order valence-corrected chi connectivity index (χ2v) is 10.3. The predicted molar refractivity (Wildman–Crippen MR) is 133 cm³/mol. The Balaban J connectivity index is 1.47. The number of piperidine rings is 1. The van der Waals surface area contributed by atoms with E-state index in [2.05, 4.69) is 15.5 Å². The first kappa shape index (κ1) is 24.0. The molecule has 6 rings (SSSR count). The fourth-order valence-electron chi connectivity index (χ4n) is 5.83. The lowest BCUT2D eigenvalue weighted by atomic mass is 9.72. The number of imidazole rings is 1. The van der Waals surface area contributed by atoms with Crippen LogP contribution >= 0.6 is 0 Å². The van der Waals surface area contributed by atoms with Gasteiger partial charge in [-0.05, 0) is 73.4 Å². The van der Waals surface area contributed by atoms with Crippen LogP contribution in [0.25, 0.3) is 11.2 Å². The van der Waals surface area contributed by atoms with Crippen LogP contribution in [0.5, 0.6) is 0 Å². The van der Waals surface area contributed by atoms with Crippen LogP contribution < -0.4 is 11.0 Å². The number of halogens is 3. The Labute approximate surface area is 211 Å². The van der Waals surface area contributed by atoms with Crippen LogP contribution in [0.1, 0.15) is 66.5 Å². The largest absolute Gasteiger partial charge is 0.418 e. The minimum atomic E-state index is -4.58. The zero-order valence-electron chi connectivity index (χ0n) is 20.6. The third-order valence-electron chi connectivity index (χ3n) is 8.02. The minimum Gasteiger partial charge on any atom is -0.320 e. The number of rotatable bonds is 5. The molecule has 2 atom stereocenters. The van der Waals surface area contributed by atoms with Gasteiger partial charge in [0.2, 0.25) is 0 Å². The fraction of sp³-hybridized carbons (Fsp3) is 0.444.